The van der Waals surface area contributed by atoms with Gasteiger partial charge in [-0.25, -0.2) is 4.79 Å². The maximum absolute atomic E-state index is 13.0. The van der Waals surface area contributed by atoms with Gasteiger partial charge in [0.1, 0.15) is 5.75 Å². The topological polar surface area (TPSA) is 43.4 Å². The molecule has 0 spiro atoms. The molecule has 5 unspecified atom stereocenters. The van der Waals surface area contributed by atoms with Crippen LogP contribution in [0, 0.1) is 23.2 Å². The average Bonchev–Trinajstić information content (AvgIpc) is 3.37. The summed E-state index contributed by atoms with van der Waals surface area (Å²) in [6.45, 7) is 6.96. The third-order valence-electron chi connectivity index (χ3n) is 11.8. The Bertz CT molecular complexity index is 1460. The molecular weight excluding hydrogens is 655 g/mol. The molecule has 49 heavy (non-hydrogen) atoms. The molecule has 2 fully saturated rings. The second-order valence-electron chi connectivity index (χ2n) is 14.9. The van der Waals surface area contributed by atoms with Crippen LogP contribution in [0.2, 0.25) is 0 Å². The van der Waals surface area contributed by atoms with Crippen molar-refractivity contribution in [2.45, 2.75) is 121 Å². The van der Waals surface area contributed by atoms with E-state index >= 15 is 0 Å². The van der Waals surface area contributed by atoms with Crippen LogP contribution < -0.4 is 4.74 Å². The largest absolute Gasteiger partial charge is 0.453 e. The van der Waals surface area contributed by atoms with Gasteiger partial charge in [-0.2, -0.15) is 22.0 Å². The van der Waals surface area contributed by atoms with E-state index in [1.165, 1.54) is 36.0 Å². The maximum Gasteiger partial charge on any atom is 0.453 e. The molecule has 9 heteroatoms. The Morgan fingerprint density at radius 1 is 0.918 bits per heavy atom. The molecule has 2 aromatic carbocycles. The van der Waals surface area contributed by atoms with E-state index in [0.717, 1.165) is 57.8 Å². The summed E-state index contributed by atoms with van der Waals surface area (Å²) in [6.07, 6.45) is 6.65. The molecule has 3 aliphatic rings. The summed E-state index contributed by atoms with van der Waals surface area (Å²) in [5.74, 6) is -1.86. The van der Waals surface area contributed by atoms with Crippen LogP contribution in [0.1, 0.15) is 124 Å². The quantitative estimate of drug-likeness (QED) is 0.0574. The van der Waals surface area contributed by atoms with Crippen molar-refractivity contribution in [3.63, 3.8) is 0 Å². The third kappa shape index (κ3) is 9.04. The van der Waals surface area contributed by atoms with Crippen LogP contribution in [-0.2, 0) is 17.2 Å². The van der Waals surface area contributed by atoms with E-state index in [2.05, 4.69) is 25.6 Å². The van der Waals surface area contributed by atoms with Crippen molar-refractivity contribution < 1.29 is 35.7 Å². The van der Waals surface area contributed by atoms with E-state index in [1.54, 1.807) is 12.1 Å². The standard InChI is InChI=1S/C40H51F5O3S/c1-28-17-20-35-36-30(16-9-6-4-3-5-7-12-24-49(47)25-13-22-39(41,42)40(43,44)45)26-31-27-32(48-37(46)29-14-10-8-11-15-29)18-19-33(31)34(36)21-23-38(28,35)2/h8,10-11,14-15,18-19,27,30,34-36H,1,3-7,9,12-13,16-17,20-26H2,2H3/t30?,34?,35?,36?,38-,49?/m1/s1. The normalized spacial score (nSPS) is 25.7. The first-order valence-corrected chi connectivity index (χ1v) is 19.7. The number of hydrogen-bond donors (Lipinski definition) is 0. The first-order valence-electron chi connectivity index (χ1n) is 18.2. The molecule has 0 saturated heterocycles. The minimum Gasteiger partial charge on any atom is -0.423 e. The number of rotatable bonds is 16. The summed E-state index contributed by atoms with van der Waals surface area (Å²) in [5, 5.41) is 0. The molecule has 270 valence electrons. The van der Waals surface area contributed by atoms with Crippen molar-refractivity contribution >= 4 is 16.8 Å². The lowest BCUT2D eigenvalue weighted by molar-refractivity contribution is -0.284. The zero-order chi connectivity index (χ0) is 35.2. The molecule has 5 rings (SSSR count). The fourth-order valence-electron chi connectivity index (χ4n) is 9.01. The van der Waals surface area contributed by atoms with Crippen molar-refractivity contribution in [3.05, 3.63) is 77.4 Å². The monoisotopic (exact) mass is 706 g/mol. The van der Waals surface area contributed by atoms with Gasteiger partial charge in [0, 0.05) is 28.7 Å². The van der Waals surface area contributed by atoms with Gasteiger partial charge in [0.05, 0.1) is 5.56 Å². The van der Waals surface area contributed by atoms with Crippen LogP contribution in [-0.4, -0.2) is 33.8 Å². The lowest BCUT2D eigenvalue weighted by atomic mass is 9.52. The SMILES string of the molecule is C=C1CCC2C3C(CCCCCCCCCS(=O)CCCC(F)(F)C(F)(F)F)Cc4cc(OC(=O)c5ccccc5)ccc4C3CC[C@]12C. The Morgan fingerprint density at radius 3 is 2.31 bits per heavy atom. The highest BCUT2D eigenvalue weighted by Crippen LogP contribution is 2.64. The molecule has 0 amide bonds. The number of carbonyl (C=O) groups excluding carboxylic acids is 1. The first kappa shape index (κ1) is 37.7. The summed E-state index contributed by atoms with van der Waals surface area (Å²) >= 11 is 0. The summed E-state index contributed by atoms with van der Waals surface area (Å²) in [4.78, 5) is 12.8. The van der Waals surface area contributed by atoms with E-state index in [4.69, 9.17) is 4.74 Å². The molecule has 0 N–H and O–H groups in total. The summed E-state index contributed by atoms with van der Waals surface area (Å²) in [5.41, 5.74) is 4.93. The molecule has 0 aromatic heterocycles. The predicted octanol–water partition coefficient (Wildman–Crippen LogP) is 11.4. The highest BCUT2D eigenvalue weighted by Gasteiger charge is 2.56. The minimum atomic E-state index is -5.55. The van der Waals surface area contributed by atoms with E-state index in [9.17, 15) is 31.0 Å². The van der Waals surface area contributed by atoms with Gasteiger partial charge < -0.3 is 4.74 Å². The van der Waals surface area contributed by atoms with Crippen molar-refractivity contribution in [3.8, 4) is 5.75 Å². The number of unbranched alkanes of at least 4 members (excludes halogenated alkanes) is 6. The van der Waals surface area contributed by atoms with Crippen LogP contribution in [0.4, 0.5) is 22.0 Å². The zero-order valence-corrected chi connectivity index (χ0v) is 29.5. The minimum absolute atomic E-state index is 0.118. The first-order chi connectivity index (χ1) is 23.3. The summed E-state index contributed by atoms with van der Waals surface area (Å²) < 4.78 is 80.8. The van der Waals surface area contributed by atoms with E-state index in [0.29, 0.717) is 47.2 Å². The number of carbonyl (C=O) groups is 1. The van der Waals surface area contributed by atoms with Crippen molar-refractivity contribution in [1.29, 1.82) is 0 Å². The molecule has 0 heterocycles. The molecule has 0 aliphatic heterocycles. The molecule has 2 saturated carbocycles. The van der Waals surface area contributed by atoms with Crippen molar-refractivity contribution in [2.24, 2.45) is 23.2 Å². The van der Waals surface area contributed by atoms with E-state index in [1.807, 2.05) is 24.3 Å². The van der Waals surface area contributed by atoms with E-state index in [-0.39, 0.29) is 17.1 Å². The van der Waals surface area contributed by atoms with Gasteiger partial charge in [-0.05, 0) is 116 Å². The van der Waals surface area contributed by atoms with Gasteiger partial charge >= 0.3 is 18.1 Å². The molecule has 0 radical (unpaired) electrons. The lowest BCUT2D eigenvalue weighted by Crippen LogP contribution is -2.44. The number of halogens is 5. The highest BCUT2D eigenvalue weighted by atomic mass is 32.2. The van der Waals surface area contributed by atoms with Gasteiger partial charge in [-0.3, -0.25) is 4.21 Å². The fraction of sp³-hybridized carbons (Fsp3) is 0.625. The number of fused-ring (bicyclic) bond motifs is 5. The van der Waals surface area contributed by atoms with Gasteiger partial charge in [0.25, 0.3) is 0 Å². The molecule has 3 nitrogen and oxygen atoms in total. The van der Waals surface area contributed by atoms with Crippen LogP contribution in [0.5, 0.6) is 5.75 Å². The van der Waals surface area contributed by atoms with Gasteiger partial charge in [-0.1, -0.05) is 81.9 Å². The predicted molar refractivity (Wildman–Crippen MR) is 186 cm³/mol. The number of ether oxygens (including phenoxy) is 1. The van der Waals surface area contributed by atoms with Crippen molar-refractivity contribution in [2.75, 3.05) is 11.5 Å². The second-order valence-corrected chi connectivity index (χ2v) is 16.6. The number of hydrogen-bond acceptors (Lipinski definition) is 3. The van der Waals surface area contributed by atoms with Crippen LogP contribution in [0.15, 0.2) is 60.7 Å². The Labute approximate surface area is 290 Å². The summed E-state index contributed by atoms with van der Waals surface area (Å²) in [7, 11) is -1.37. The number of esters is 1. The van der Waals surface area contributed by atoms with E-state index < -0.39 is 35.7 Å². The van der Waals surface area contributed by atoms with Gasteiger partial charge in [0.2, 0.25) is 0 Å². The zero-order valence-electron chi connectivity index (χ0n) is 28.7. The number of alkyl halides is 5. The lowest BCUT2D eigenvalue weighted by Gasteiger charge is -2.53. The average molecular weight is 707 g/mol. The van der Waals surface area contributed by atoms with Crippen LogP contribution in [0.3, 0.4) is 0 Å². The highest BCUT2D eigenvalue weighted by molar-refractivity contribution is 7.84. The van der Waals surface area contributed by atoms with Crippen LogP contribution in [0.25, 0.3) is 0 Å². The molecular formula is C40H51F5O3S. The number of benzene rings is 2. The molecule has 2 aromatic rings. The van der Waals surface area contributed by atoms with Gasteiger partial charge in [0.15, 0.2) is 0 Å². The van der Waals surface area contributed by atoms with Gasteiger partial charge in [-0.15, -0.1) is 0 Å². The second kappa shape index (κ2) is 16.2. The Balaban J connectivity index is 1.09. The summed E-state index contributed by atoms with van der Waals surface area (Å²) in [6, 6.07) is 15.4. The van der Waals surface area contributed by atoms with Crippen LogP contribution >= 0.6 is 0 Å². The number of allylic oxidation sites excluding steroid dienone is 1. The third-order valence-corrected chi connectivity index (χ3v) is 13.3. The van der Waals surface area contributed by atoms with Crippen molar-refractivity contribution in [1.82, 2.24) is 0 Å². The Morgan fingerprint density at radius 2 is 1.59 bits per heavy atom. The molecule has 0 bridgehead atoms. The Hall–Kier alpha value is -2.55. The fourth-order valence-corrected chi connectivity index (χ4v) is 10.2. The molecule has 3 aliphatic carbocycles. The smallest absolute Gasteiger partial charge is 0.423 e. The molecule has 6 atom stereocenters. The maximum atomic E-state index is 13.0. The Kier molecular flexibility index (Phi) is 12.5.